The summed E-state index contributed by atoms with van der Waals surface area (Å²) in [7, 11) is 0. The lowest BCUT2D eigenvalue weighted by molar-refractivity contribution is -0.129. The van der Waals surface area contributed by atoms with Gasteiger partial charge in [0.1, 0.15) is 17.4 Å². The van der Waals surface area contributed by atoms with Crippen molar-refractivity contribution in [2.45, 2.75) is 53.2 Å². The number of hydrogen-bond acceptors (Lipinski definition) is 4. The molecule has 0 unspecified atom stereocenters. The molecule has 130 valence electrons. The first-order chi connectivity index (χ1) is 11.5. The van der Waals surface area contributed by atoms with Gasteiger partial charge in [0.2, 0.25) is 5.91 Å². The van der Waals surface area contributed by atoms with Gasteiger partial charge in [0, 0.05) is 18.8 Å². The quantitative estimate of drug-likeness (QED) is 0.701. The molecule has 24 heavy (non-hydrogen) atoms. The maximum Gasteiger partial charge on any atom is 0.219 e. The van der Waals surface area contributed by atoms with Gasteiger partial charge in [0.05, 0.1) is 12.2 Å². The number of aromatic nitrogens is 1. The van der Waals surface area contributed by atoms with Crippen LogP contribution in [-0.2, 0) is 17.9 Å². The fourth-order valence-electron chi connectivity index (χ4n) is 2.53. The third-order valence-corrected chi connectivity index (χ3v) is 4.65. The number of benzene rings is 1. The number of carbonyl (C=O) groups excluding carboxylic acids is 1. The molecule has 0 spiro atoms. The van der Waals surface area contributed by atoms with E-state index in [9.17, 15) is 4.79 Å². The molecule has 0 aliphatic heterocycles. The van der Waals surface area contributed by atoms with Crippen LogP contribution in [0.5, 0.6) is 5.75 Å². The monoisotopic (exact) mass is 346 g/mol. The van der Waals surface area contributed by atoms with Crippen LogP contribution < -0.4 is 4.74 Å². The standard InChI is InChI=1S/C19H26N2O2S/c1-5-10-21(15(4)22)11-16-13-24-19(20-16)12-23-18-9-7-6-8-17(18)14(2)3/h6-9,13-14H,5,10-12H2,1-4H3. The van der Waals surface area contributed by atoms with Crippen LogP contribution in [0.1, 0.15) is 56.3 Å². The summed E-state index contributed by atoms with van der Waals surface area (Å²) in [4.78, 5) is 18.1. The fourth-order valence-corrected chi connectivity index (χ4v) is 3.23. The second-order valence-electron chi connectivity index (χ2n) is 6.15. The van der Waals surface area contributed by atoms with E-state index >= 15 is 0 Å². The van der Waals surface area contributed by atoms with E-state index < -0.39 is 0 Å². The number of thiazole rings is 1. The molecule has 5 heteroatoms. The van der Waals surface area contributed by atoms with E-state index in [1.54, 1.807) is 18.3 Å². The highest BCUT2D eigenvalue weighted by molar-refractivity contribution is 7.09. The minimum absolute atomic E-state index is 0.0912. The van der Waals surface area contributed by atoms with Crippen LogP contribution >= 0.6 is 11.3 Å². The highest BCUT2D eigenvalue weighted by Crippen LogP contribution is 2.27. The van der Waals surface area contributed by atoms with Crippen LogP contribution in [0.4, 0.5) is 0 Å². The van der Waals surface area contributed by atoms with E-state index in [-0.39, 0.29) is 5.91 Å². The van der Waals surface area contributed by atoms with E-state index in [0.29, 0.717) is 19.1 Å². The van der Waals surface area contributed by atoms with Gasteiger partial charge in [-0.1, -0.05) is 39.0 Å². The number of amides is 1. The Kier molecular flexibility index (Phi) is 6.79. The van der Waals surface area contributed by atoms with Crippen LogP contribution in [0.25, 0.3) is 0 Å². The molecule has 0 fully saturated rings. The highest BCUT2D eigenvalue weighted by atomic mass is 32.1. The van der Waals surface area contributed by atoms with Crippen LogP contribution in [0.2, 0.25) is 0 Å². The molecule has 0 atom stereocenters. The largest absolute Gasteiger partial charge is 0.486 e. The summed E-state index contributed by atoms with van der Waals surface area (Å²) >= 11 is 1.58. The van der Waals surface area contributed by atoms with Crippen LogP contribution in [0, 0.1) is 0 Å². The van der Waals surface area contributed by atoms with Crippen molar-refractivity contribution in [3.63, 3.8) is 0 Å². The molecule has 0 saturated carbocycles. The molecule has 0 aliphatic rings. The van der Waals surface area contributed by atoms with Crippen molar-refractivity contribution < 1.29 is 9.53 Å². The molecular weight excluding hydrogens is 320 g/mol. The lowest BCUT2D eigenvalue weighted by Crippen LogP contribution is -2.29. The van der Waals surface area contributed by atoms with Gasteiger partial charge in [0.25, 0.3) is 0 Å². The van der Waals surface area contributed by atoms with Crippen LogP contribution in [-0.4, -0.2) is 22.3 Å². The smallest absolute Gasteiger partial charge is 0.219 e. The van der Waals surface area contributed by atoms with Crippen molar-refractivity contribution in [3.8, 4) is 5.75 Å². The molecule has 0 bridgehead atoms. The van der Waals surface area contributed by atoms with Crippen molar-refractivity contribution in [1.82, 2.24) is 9.88 Å². The molecular formula is C19H26N2O2S. The van der Waals surface area contributed by atoms with E-state index in [4.69, 9.17) is 4.74 Å². The first-order valence-electron chi connectivity index (χ1n) is 8.41. The Labute approximate surface area is 148 Å². The summed E-state index contributed by atoms with van der Waals surface area (Å²) in [6.07, 6.45) is 0.950. The summed E-state index contributed by atoms with van der Waals surface area (Å²) in [5.41, 5.74) is 2.14. The molecule has 0 radical (unpaired) electrons. The zero-order chi connectivity index (χ0) is 17.5. The van der Waals surface area contributed by atoms with Gasteiger partial charge >= 0.3 is 0 Å². The second-order valence-corrected chi connectivity index (χ2v) is 7.10. The van der Waals surface area contributed by atoms with Crippen molar-refractivity contribution in [2.75, 3.05) is 6.54 Å². The number of hydrogen-bond donors (Lipinski definition) is 0. The average Bonchev–Trinajstić information content (AvgIpc) is 3.00. The Bertz CT molecular complexity index is 667. The predicted octanol–water partition coefficient (Wildman–Crippen LogP) is 4.60. The van der Waals surface area contributed by atoms with Gasteiger partial charge in [-0.2, -0.15) is 0 Å². The van der Waals surface area contributed by atoms with E-state index in [0.717, 1.165) is 29.4 Å². The van der Waals surface area contributed by atoms with Crippen molar-refractivity contribution in [1.29, 1.82) is 0 Å². The number of nitrogens with zero attached hydrogens (tertiary/aromatic N) is 2. The third-order valence-electron chi connectivity index (χ3n) is 3.78. The lowest BCUT2D eigenvalue weighted by atomic mass is 10.0. The van der Waals surface area contributed by atoms with Gasteiger partial charge in [0.15, 0.2) is 0 Å². The molecule has 2 rings (SSSR count). The first-order valence-corrected chi connectivity index (χ1v) is 9.29. The fraction of sp³-hybridized carbons (Fsp3) is 0.474. The molecule has 1 aromatic carbocycles. The Morgan fingerprint density at radius 2 is 2.08 bits per heavy atom. The summed E-state index contributed by atoms with van der Waals surface area (Å²) < 4.78 is 5.97. The van der Waals surface area contributed by atoms with Crippen LogP contribution in [0.3, 0.4) is 0 Å². The second kappa shape index (κ2) is 8.83. The summed E-state index contributed by atoms with van der Waals surface area (Å²) in [5, 5.41) is 2.95. The van der Waals surface area contributed by atoms with Crippen molar-refractivity contribution in [2.24, 2.45) is 0 Å². The molecule has 1 heterocycles. The van der Waals surface area contributed by atoms with Crippen LogP contribution in [0.15, 0.2) is 29.6 Å². The maximum absolute atomic E-state index is 11.6. The zero-order valence-corrected chi connectivity index (χ0v) is 15.7. The van der Waals surface area contributed by atoms with Gasteiger partial charge in [-0.05, 0) is 24.0 Å². The SMILES string of the molecule is CCCN(Cc1csc(COc2ccccc2C(C)C)n1)C(C)=O. The summed E-state index contributed by atoms with van der Waals surface area (Å²) in [6.45, 7) is 9.80. The number of para-hydroxylation sites is 1. The maximum atomic E-state index is 11.6. The van der Waals surface area contributed by atoms with E-state index in [2.05, 4.69) is 31.8 Å². The normalized spacial score (nSPS) is 10.9. The topological polar surface area (TPSA) is 42.4 Å². The summed E-state index contributed by atoms with van der Waals surface area (Å²) in [6, 6.07) is 8.13. The third kappa shape index (κ3) is 5.06. The molecule has 0 aliphatic carbocycles. The van der Waals surface area contributed by atoms with E-state index in [1.807, 2.05) is 28.5 Å². The highest BCUT2D eigenvalue weighted by Gasteiger charge is 2.12. The molecule has 0 N–H and O–H groups in total. The van der Waals surface area contributed by atoms with Gasteiger partial charge in [-0.25, -0.2) is 4.98 Å². The zero-order valence-electron chi connectivity index (χ0n) is 14.9. The number of carbonyl (C=O) groups is 1. The number of ether oxygens (including phenoxy) is 1. The minimum atomic E-state index is 0.0912. The van der Waals surface area contributed by atoms with Crippen molar-refractivity contribution >= 4 is 17.2 Å². The average molecular weight is 346 g/mol. The Morgan fingerprint density at radius 3 is 2.75 bits per heavy atom. The molecule has 1 aromatic heterocycles. The minimum Gasteiger partial charge on any atom is -0.486 e. The lowest BCUT2D eigenvalue weighted by Gasteiger charge is -2.18. The Hall–Kier alpha value is -1.88. The van der Waals surface area contributed by atoms with E-state index in [1.165, 1.54) is 5.56 Å². The van der Waals surface area contributed by atoms with Gasteiger partial charge in [-0.15, -0.1) is 11.3 Å². The summed E-state index contributed by atoms with van der Waals surface area (Å²) in [5.74, 6) is 1.43. The van der Waals surface area contributed by atoms with Crippen molar-refractivity contribution in [3.05, 3.63) is 45.9 Å². The molecule has 0 saturated heterocycles. The Morgan fingerprint density at radius 1 is 1.33 bits per heavy atom. The van der Waals surface area contributed by atoms with Gasteiger partial charge in [-0.3, -0.25) is 4.79 Å². The first kappa shape index (κ1) is 18.5. The molecule has 1 amide bonds. The molecule has 2 aromatic rings. The Balaban J connectivity index is 1.98. The number of rotatable bonds is 8. The predicted molar refractivity (Wildman–Crippen MR) is 98.4 cm³/mol. The molecule has 4 nitrogen and oxygen atoms in total. The van der Waals surface area contributed by atoms with Gasteiger partial charge < -0.3 is 9.64 Å².